The van der Waals surface area contributed by atoms with Crippen molar-refractivity contribution in [2.75, 3.05) is 13.6 Å². The number of hydrogen-bond acceptors (Lipinski definition) is 2. The summed E-state index contributed by atoms with van der Waals surface area (Å²) in [7, 11) is 2.13. The fourth-order valence-corrected chi connectivity index (χ4v) is 2.39. The topological polar surface area (TPSA) is 23.5 Å². The van der Waals surface area contributed by atoms with Crippen LogP contribution >= 0.6 is 0 Å². The van der Waals surface area contributed by atoms with Gasteiger partial charge in [0.15, 0.2) is 0 Å². The average molecular weight is 199 g/mol. The van der Waals surface area contributed by atoms with Crippen LogP contribution in [-0.2, 0) is 0 Å². The molecule has 2 nitrogen and oxygen atoms in total. The van der Waals surface area contributed by atoms with E-state index in [1.165, 1.54) is 25.7 Å². The van der Waals surface area contributed by atoms with E-state index in [-0.39, 0.29) is 6.10 Å². The highest BCUT2D eigenvalue weighted by molar-refractivity contribution is 4.83. The van der Waals surface area contributed by atoms with Crippen molar-refractivity contribution in [3.63, 3.8) is 0 Å². The van der Waals surface area contributed by atoms with Gasteiger partial charge in [-0.3, -0.25) is 0 Å². The first-order valence-electron chi connectivity index (χ1n) is 5.79. The van der Waals surface area contributed by atoms with Crippen molar-refractivity contribution in [1.29, 1.82) is 0 Å². The summed E-state index contributed by atoms with van der Waals surface area (Å²) < 4.78 is 0. The van der Waals surface area contributed by atoms with E-state index >= 15 is 0 Å². The smallest absolute Gasteiger partial charge is 0.0639 e. The molecule has 1 aliphatic rings. The third-order valence-electron chi connectivity index (χ3n) is 3.48. The van der Waals surface area contributed by atoms with Crippen LogP contribution in [0.5, 0.6) is 0 Å². The number of nitrogens with zero attached hydrogens (tertiary/aromatic N) is 1. The molecule has 84 valence electrons. The molecule has 0 bridgehead atoms. The van der Waals surface area contributed by atoms with Gasteiger partial charge in [-0.15, -0.1) is 0 Å². The highest BCUT2D eigenvalue weighted by Crippen LogP contribution is 2.36. The SMILES string of the molecule is CC(O)CN(C)C1CCC(C)(C)CC1. The average Bonchev–Trinajstić information content (AvgIpc) is 2.02. The standard InChI is InChI=1S/C12H25NO/c1-10(14)9-13(4)11-5-7-12(2,3)8-6-11/h10-11,14H,5-9H2,1-4H3. The molecule has 1 N–H and O–H groups in total. The van der Waals surface area contributed by atoms with Gasteiger partial charge in [-0.1, -0.05) is 13.8 Å². The molecule has 2 heteroatoms. The summed E-state index contributed by atoms with van der Waals surface area (Å²) in [4.78, 5) is 2.32. The largest absolute Gasteiger partial charge is 0.392 e. The van der Waals surface area contributed by atoms with Gasteiger partial charge in [0.25, 0.3) is 0 Å². The van der Waals surface area contributed by atoms with Crippen LogP contribution in [0.15, 0.2) is 0 Å². The van der Waals surface area contributed by atoms with E-state index in [0.717, 1.165) is 6.54 Å². The maximum absolute atomic E-state index is 9.31. The van der Waals surface area contributed by atoms with Gasteiger partial charge in [0, 0.05) is 12.6 Å². The number of likely N-dealkylation sites (N-methyl/N-ethyl adjacent to an activating group) is 1. The summed E-state index contributed by atoms with van der Waals surface area (Å²) >= 11 is 0. The molecule has 0 saturated heterocycles. The summed E-state index contributed by atoms with van der Waals surface area (Å²) in [5.74, 6) is 0. The second kappa shape index (κ2) is 4.63. The molecule has 0 aromatic rings. The Balaban J connectivity index is 2.34. The van der Waals surface area contributed by atoms with Gasteiger partial charge in [0.05, 0.1) is 6.10 Å². The van der Waals surface area contributed by atoms with Crippen molar-refractivity contribution in [3.8, 4) is 0 Å². The van der Waals surface area contributed by atoms with Crippen LogP contribution in [0.4, 0.5) is 0 Å². The minimum atomic E-state index is -0.199. The molecule has 0 aromatic heterocycles. The van der Waals surface area contributed by atoms with E-state index in [1.54, 1.807) is 0 Å². The number of aliphatic hydroxyl groups is 1. The maximum atomic E-state index is 9.31. The molecule has 0 spiro atoms. The lowest BCUT2D eigenvalue weighted by molar-refractivity contribution is 0.0803. The molecule has 0 heterocycles. The summed E-state index contributed by atoms with van der Waals surface area (Å²) in [5.41, 5.74) is 0.544. The molecule has 1 saturated carbocycles. The van der Waals surface area contributed by atoms with Crippen molar-refractivity contribution >= 4 is 0 Å². The van der Waals surface area contributed by atoms with Gasteiger partial charge in [-0.2, -0.15) is 0 Å². The Bertz CT molecular complexity index is 167. The van der Waals surface area contributed by atoms with Crippen LogP contribution in [0.2, 0.25) is 0 Å². The zero-order valence-corrected chi connectivity index (χ0v) is 10.1. The lowest BCUT2D eigenvalue weighted by Crippen LogP contribution is -2.40. The minimum absolute atomic E-state index is 0.199. The molecular weight excluding hydrogens is 174 g/mol. The quantitative estimate of drug-likeness (QED) is 0.753. The molecule has 1 unspecified atom stereocenters. The zero-order valence-electron chi connectivity index (χ0n) is 10.1. The van der Waals surface area contributed by atoms with Gasteiger partial charge in [0.2, 0.25) is 0 Å². The number of hydrogen-bond donors (Lipinski definition) is 1. The van der Waals surface area contributed by atoms with Crippen molar-refractivity contribution in [1.82, 2.24) is 4.90 Å². The van der Waals surface area contributed by atoms with E-state index in [0.29, 0.717) is 11.5 Å². The first kappa shape index (κ1) is 12.0. The van der Waals surface area contributed by atoms with Crippen molar-refractivity contribution < 1.29 is 5.11 Å². The van der Waals surface area contributed by atoms with E-state index in [4.69, 9.17) is 0 Å². The molecule has 1 rings (SSSR count). The Hall–Kier alpha value is -0.0800. The highest BCUT2D eigenvalue weighted by atomic mass is 16.3. The number of aliphatic hydroxyl groups excluding tert-OH is 1. The predicted molar refractivity (Wildman–Crippen MR) is 60.3 cm³/mol. The molecule has 1 atom stereocenters. The van der Waals surface area contributed by atoms with Gasteiger partial charge in [0.1, 0.15) is 0 Å². The molecule has 0 radical (unpaired) electrons. The molecule has 1 aliphatic carbocycles. The molecule has 1 fully saturated rings. The second-order valence-corrected chi connectivity index (χ2v) is 5.68. The normalized spacial score (nSPS) is 25.3. The van der Waals surface area contributed by atoms with E-state index in [1.807, 2.05) is 6.92 Å². The maximum Gasteiger partial charge on any atom is 0.0639 e. The molecular formula is C12H25NO. The van der Waals surface area contributed by atoms with Crippen molar-refractivity contribution in [3.05, 3.63) is 0 Å². The first-order chi connectivity index (χ1) is 6.41. The van der Waals surface area contributed by atoms with Crippen molar-refractivity contribution in [2.24, 2.45) is 5.41 Å². The van der Waals surface area contributed by atoms with Gasteiger partial charge < -0.3 is 10.0 Å². The third-order valence-corrected chi connectivity index (χ3v) is 3.48. The Morgan fingerprint density at radius 3 is 2.29 bits per heavy atom. The molecule has 0 aromatic carbocycles. The summed E-state index contributed by atoms with van der Waals surface area (Å²) in [5, 5.41) is 9.31. The fourth-order valence-electron chi connectivity index (χ4n) is 2.39. The van der Waals surface area contributed by atoms with Crippen LogP contribution in [-0.4, -0.2) is 35.7 Å². The number of rotatable bonds is 3. The van der Waals surface area contributed by atoms with Gasteiger partial charge in [-0.25, -0.2) is 0 Å². The molecule has 0 aliphatic heterocycles. The Morgan fingerprint density at radius 2 is 1.86 bits per heavy atom. The minimum Gasteiger partial charge on any atom is -0.392 e. The zero-order chi connectivity index (χ0) is 10.8. The lowest BCUT2D eigenvalue weighted by Gasteiger charge is -2.39. The highest BCUT2D eigenvalue weighted by Gasteiger charge is 2.28. The van der Waals surface area contributed by atoms with E-state index in [2.05, 4.69) is 25.8 Å². The molecule has 14 heavy (non-hydrogen) atoms. The van der Waals surface area contributed by atoms with Crippen LogP contribution < -0.4 is 0 Å². The fraction of sp³-hybridized carbons (Fsp3) is 1.00. The van der Waals surface area contributed by atoms with Crippen LogP contribution in [0.1, 0.15) is 46.5 Å². The molecule has 0 amide bonds. The Morgan fingerprint density at radius 1 is 1.36 bits per heavy atom. The van der Waals surface area contributed by atoms with Gasteiger partial charge in [-0.05, 0) is 45.1 Å². The Kier molecular flexibility index (Phi) is 3.96. The Labute approximate surface area is 88.3 Å². The summed E-state index contributed by atoms with van der Waals surface area (Å²) in [6.45, 7) is 7.39. The monoisotopic (exact) mass is 199 g/mol. The van der Waals surface area contributed by atoms with Crippen LogP contribution in [0.3, 0.4) is 0 Å². The summed E-state index contributed by atoms with van der Waals surface area (Å²) in [6.07, 6.45) is 5.02. The van der Waals surface area contributed by atoms with E-state index in [9.17, 15) is 5.11 Å². The summed E-state index contributed by atoms with van der Waals surface area (Å²) in [6, 6.07) is 0.692. The van der Waals surface area contributed by atoms with E-state index < -0.39 is 0 Å². The van der Waals surface area contributed by atoms with Crippen LogP contribution in [0, 0.1) is 5.41 Å². The predicted octanol–water partition coefficient (Wildman–Crippen LogP) is 2.27. The van der Waals surface area contributed by atoms with Gasteiger partial charge >= 0.3 is 0 Å². The van der Waals surface area contributed by atoms with Crippen molar-refractivity contribution in [2.45, 2.75) is 58.6 Å². The first-order valence-corrected chi connectivity index (χ1v) is 5.79. The lowest BCUT2D eigenvalue weighted by atomic mass is 9.75. The van der Waals surface area contributed by atoms with Crippen LogP contribution in [0.25, 0.3) is 0 Å². The third kappa shape index (κ3) is 3.58. The second-order valence-electron chi connectivity index (χ2n) is 5.68.